The van der Waals surface area contributed by atoms with Crippen molar-refractivity contribution >= 4 is 15.9 Å². The van der Waals surface area contributed by atoms with E-state index in [1.54, 1.807) is 0 Å². The van der Waals surface area contributed by atoms with E-state index in [9.17, 15) is 0 Å². The second-order valence-corrected chi connectivity index (χ2v) is 9.58. The monoisotopic (exact) mass is 300 g/mol. The average molecular weight is 300 g/mol. The van der Waals surface area contributed by atoms with Gasteiger partial charge >= 0.3 is 21.3 Å². The molecule has 0 amide bonds. The minimum atomic E-state index is -2.39. The second-order valence-electron chi connectivity index (χ2n) is 4.10. The first-order chi connectivity index (χ1) is 8.48. The molecule has 2 saturated heterocycles. The highest BCUT2D eigenvalue weighted by Gasteiger charge is 2.81. The van der Waals surface area contributed by atoms with E-state index in [-0.39, 0.29) is 18.0 Å². The SMILES string of the molecule is CCO[P+]1(C(C)[P+]2(OCC)OC(C)O2)OC(C)O1. The van der Waals surface area contributed by atoms with Crippen molar-refractivity contribution in [2.75, 3.05) is 13.2 Å². The summed E-state index contributed by atoms with van der Waals surface area (Å²) in [6.45, 7) is 10.6. The predicted molar refractivity (Wildman–Crippen MR) is 69.8 cm³/mol. The quantitative estimate of drug-likeness (QED) is 0.697. The van der Waals surface area contributed by atoms with Crippen LogP contribution >= 0.6 is 15.9 Å². The van der Waals surface area contributed by atoms with Crippen molar-refractivity contribution in [3.63, 3.8) is 0 Å². The Kier molecular flexibility index (Phi) is 4.63. The zero-order valence-corrected chi connectivity index (χ0v) is 13.3. The number of hydrogen-bond acceptors (Lipinski definition) is 6. The third-order valence-electron chi connectivity index (χ3n) is 2.71. The van der Waals surface area contributed by atoms with Gasteiger partial charge < -0.3 is 0 Å². The highest BCUT2D eigenvalue weighted by atomic mass is 31.3. The minimum Gasteiger partial charge on any atom is -0.175 e. The van der Waals surface area contributed by atoms with Crippen molar-refractivity contribution < 1.29 is 27.1 Å². The van der Waals surface area contributed by atoms with Crippen molar-refractivity contribution in [1.29, 1.82) is 0 Å². The number of rotatable bonds is 6. The molecule has 2 aliphatic rings. The van der Waals surface area contributed by atoms with Gasteiger partial charge in [-0.2, -0.15) is 9.05 Å². The van der Waals surface area contributed by atoms with Gasteiger partial charge in [0.15, 0.2) is 0 Å². The van der Waals surface area contributed by atoms with Gasteiger partial charge in [-0.25, -0.2) is 0 Å². The molecule has 0 aromatic rings. The fraction of sp³-hybridized carbons (Fsp3) is 1.00. The Morgan fingerprint density at radius 3 is 1.44 bits per heavy atom. The maximum atomic E-state index is 5.75. The van der Waals surface area contributed by atoms with Crippen LogP contribution in [0.4, 0.5) is 0 Å². The fourth-order valence-corrected chi connectivity index (χ4v) is 8.29. The van der Waals surface area contributed by atoms with E-state index in [1.807, 2.05) is 34.6 Å². The Balaban J connectivity index is 2.09. The van der Waals surface area contributed by atoms with Crippen molar-refractivity contribution in [3.8, 4) is 0 Å². The fourth-order valence-electron chi connectivity index (χ4n) is 2.07. The Morgan fingerprint density at radius 2 is 1.22 bits per heavy atom. The molecule has 2 heterocycles. The summed E-state index contributed by atoms with van der Waals surface area (Å²) >= 11 is 0. The zero-order chi connectivity index (χ0) is 13.4. The molecule has 8 heteroatoms. The van der Waals surface area contributed by atoms with E-state index in [4.69, 9.17) is 27.1 Å². The highest BCUT2D eigenvalue weighted by molar-refractivity contribution is 7.80. The maximum Gasteiger partial charge on any atom is 0.467 e. The molecule has 0 aromatic carbocycles. The molecule has 6 nitrogen and oxygen atoms in total. The normalized spacial score (nSPS) is 45.2. The summed E-state index contributed by atoms with van der Waals surface area (Å²) in [6, 6.07) is 0. The lowest BCUT2D eigenvalue weighted by Crippen LogP contribution is -2.41. The van der Waals surface area contributed by atoms with Crippen molar-refractivity contribution in [2.24, 2.45) is 0 Å². The molecule has 0 bridgehead atoms. The van der Waals surface area contributed by atoms with Crippen molar-refractivity contribution in [3.05, 3.63) is 0 Å². The van der Waals surface area contributed by atoms with Crippen LogP contribution in [0.15, 0.2) is 0 Å². The lowest BCUT2D eigenvalue weighted by atomic mass is 10.8. The van der Waals surface area contributed by atoms with Gasteiger partial charge in [-0.3, -0.25) is 0 Å². The molecule has 2 fully saturated rings. The molecule has 0 saturated carbocycles. The molecule has 0 radical (unpaired) electrons. The maximum absolute atomic E-state index is 5.75. The molecule has 2 aliphatic heterocycles. The first-order valence-electron chi connectivity index (χ1n) is 6.28. The second kappa shape index (κ2) is 5.55. The van der Waals surface area contributed by atoms with Crippen LogP contribution in [0, 0.1) is 0 Å². The highest BCUT2D eigenvalue weighted by Crippen LogP contribution is 2.89. The third-order valence-corrected chi connectivity index (χ3v) is 9.84. The summed E-state index contributed by atoms with van der Waals surface area (Å²) in [7, 11) is -4.77. The molecule has 106 valence electrons. The molecule has 18 heavy (non-hydrogen) atoms. The Labute approximate surface area is 109 Å². The van der Waals surface area contributed by atoms with Crippen LogP contribution in [0.2, 0.25) is 0 Å². The van der Waals surface area contributed by atoms with Gasteiger partial charge in [0.05, 0.1) is 13.2 Å². The first kappa shape index (κ1) is 15.0. The van der Waals surface area contributed by atoms with Gasteiger partial charge in [0.2, 0.25) is 0 Å². The molecule has 0 atom stereocenters. The van der Waals surface area contributed by atoms with Crippen LogP contribution in [0.5, 0.6) is 0 Å². The third kappa shape index (κ3) is 2.46. The number of hydrogen-bond donors (Lipinski definition) is 0. The van der Waals surface area contributed by atoms with E-state index in [1.165, 1.54) is 0 Å². The first-order valence-corrected chi connectivity index (χ1v) is 9.50. The summed E-state index contributed by atoms with van der Waals surface area (Å²) in [5.41, 5.74) is 0. The zero-order valence-electron chi connectivity index (χ0n) is 11.5. The van der Waals surface area contributed by atoms with Crippen LogP contribution in [0.3, 0.4) is 0 Å². The molecular formula is C10H22O6P2+2. The van der Waals surface area contributed by atoms with E-state index in [0.29, 0.717) is 13.2 Å². The molecule has 0 spiro atoms. The summed E-state index contributed by atoms with van der Waals surface area (Å²) in [5.74, 6) is 0. The van der Waals surface area contributed by atoms with Gasteiger partial charge in [0.1, 0.15) is 0 Å². The Hall–Kier alpha value is 0.620. The molecule has 0 unspecified atom stereocenters. The lowest BCUT2D eigenvalue weighted by molar-refractivity contribution is -0.121. The standard InChI is InChI=1S/C10H22O6P2/c1-6-11-17(13-8(3)14-17)10(5)18(12-7-2)15-9(4)16-18/h8-10H,6-7H2,1-5H3/q+2. The average Bonchev–Trinajstić information content (AvgIpc) is 2.23. The van der Waals surface area contributed by atoms with Crippen LogP contribution < -0.4 is 0 Å². The Bertz CT molecular complexity index is 251. The molecular weight excluding hydrogens is 278 g/mol. The van der Waals surface area contributed by atoms with Crippen LogP contribution in [-0.2, 0) is 27.1 Å². The van der Waals surface area contributed by atoms with Crippen LogP contribution in [0.25, 0.3) is 0 Å². The minimum absolute atomic E-state index is 0.141. The lowest BCUT2D eigenvalue weighted by Gasteiger charge is -2.41. The van der Waals surface area contributed by atoms with E-state index < -0.39 is 15.9 Å². The van der Waals surface area contributed by atoms with Crippen LogP contribution in [0.1, 0.15) is 34.6 Å². The van der Waals surface area contributed by atoms with Crippen molar-refractivity contribution in [1.82, 2.24) is 0 Å². The van der Waals surface area contributed by atoms with E-state index >= 15 is 0 Å². The summed E-state index contributed by atoms with van der Waals surface area (Å²) in [4.78, 5) is 0. The van der Waals surface area contributed by atoms with E-state index in [0.717, 1.165) is 0 Å². The van der Waals surface area contributed by atoms with Gasteiger partial charge in [0.25, 0.3) is 12.6 Å². The summed E-state index contributed by atoms with van der Waals surface area (Å²) < 4.78 is 34.4. The molecule has 0 aromatic heterocycles. The van der Waals surface area contributed by atoms with Gasteiger partial charge in [-0.1, -0.05) is 0 Å². The summed E-state index contributed by atoms with van der Waals surface area (Å²) in [5, 5.41) is -0.141. The van der Waals surface area contributed by atoms with Gasteiger partial charge in [-0.15, -0.1) is 18.1 Å². The molecule has 0 N–H and O–H groups in total. The Morgan fingerprint density at radius 1 is 0.889 bits per heavy atom. The topological polar surface area (TPSA) is 55.4 Å². The van der Waals surface area contributed by atoms with Crippen LogP contribution in [-0.4, -0.2) is 31.2 Å². The predicted octanol–water partition coefficient (Wildman–Crippen LogP) is 3.72. The van der Waals surface area contributed by atoms with E-state index in [2.05, 4.69) is 0 Å². The van der Waals surface area contributed by atoms with Crippen molar-refractivity contribution in [2.45, 2.75) is 52.6 Å². The molecule has 2 rings (SSSR count). The smallest absolute Gasteiger partial charge is 0.175 e. The largest absolute Gasteiger partial charge is 0.467 e. The molecule has 0 aliphatic carbocycles. The van der Waals surface area contributed by atoms with Gasteiger partial charge in [-0.05, 0) is 27.7 Å². The van der Waals surface area contributed by atoms with Gasteiger partial charge in [0, 0.05) is 6.92 Å². The summed E-state index contributed by atoms with van der Waals surface area (Å²) in [6.07, 6.45) is -0.458.